The van der Waals surface area contributed by atoms with Crippen LogP contribution in [0.3, 0.4) is 0 Å². The van der Waals surface area contributed by atoms with Gasteiger partial charge in [0.25, 0.3) is 6.71 Å². The van der Waals surface area contributed by atoms with E-state index in [1.807, 2.05) is 0 Å². The van der Waals surface area contributed by atoms with E-state index in [0.29, 0.717) is 5.41 Å². The summed E-state index contributed by atoms with van der Waals surface area (Å²) in [6.45, 7) is 0.0993. The number of hydrogen-bond acceptors (Lipinski definition) is 2. The predicted octanol–water partition coefficient (Wildman–Crippen LogP) is 11.3. The number of rotatable bonds is 4. The minimum atomic E-state index is 0.0993. The molecular weight excluding hydrogens is 677 g/mol. The van der Waals surface area contributed by atoms with E-state index < -0.39 is 0 Å². The summed E-state index contributed by atoms with van der Waals surface area (Å²) in [5.41, 5.74) is 17.0. The fourth-order valence-corrected chi connectivity index (χ4v) is 12.8. The first-order chi connectivity index (χ1) is 27.7. The monoisotopic (exact) mass is 719 g/mol. The quantitative estimate of drug-likeness (QED) is 0.168. The minimum absolute atomic E-state index is 0.0993. The van der Waals surface area contributed by atoms with Crippen LogP contribution in [0.4, 0.5) is 34.1 Å². The van der Waals surface area contributed by atoms with Crippen molar-refractivity contribution in [3.05, 3.63) is 169 Å². The van der Waals surface area contributed by atoms with Crippen LogP contribution in [0.1, 0.15) is 44.1 Å². The Labute approximate surface area is 328 Å². The SMILES string of the molecule is c1ccc(N2c3ccccc3B3c4ccccc4N(c4ccccc4)c4cc(-n5c6ccccc6c6ccc(C78CC9CC(CC(C9)C7)C8)cc65)cc2c43)cc1. The van der Waals surface area contributed by atoms with Gasteiger partial charge in [0.05, 0.1) is 16.7 Å². The van der Waals surface area contributed by atoms with Gasteiger partial charge in [-0.3, -0.25) is 0 Å². The van der Waals surface area contributed by atoms with Crippen LogP contribution in [0.25, 0.3) is 27.5 Å². The zero-order valence-corrected chi connectivity index (χ0v) is 31.5. The molecule has 0 N–H and O–H groups in total. The molecule has 4 fully saturated rings. The van der Waals surface area contributed by atoms with Crippen molar-refractivity contribution >= 4 is 79.0 Å². The number of para-hydroxylation sites is 5. The van der Waals surface area contributed by atoms with E-state index in [1.54, 1.807) is 5.56 Å². The molecule has 6 aliphatic rings. The molecule has 56 heavy (non-hydrogen) atoms. The number of nitrogens with zero attached hydrogens (tertiary/aromatic N) is 3. The first-order valence-electron chi connectivity index (χ1n) is 20.8. The summed E-state index contributed by atoms with van der Waals surface area (Å²) in [7, 11) is 0. The van der Waals surface area contributed by atoms with Crippen LogP contribution in [0.2, 0.25) is 0 Å². The van der Waals surface area contributed by atoms with E-state index in [0.717, 1.165) is 17.8 Å². The third-order valence-electron chi connectivity index (χ3n) is 14.5. The Hall–Kier alpha value is -6.00. The van der Waals surface area contributed by atoms with E-state index >= 15 is 0 Å². The van der Waals surface area contributed by atoms with Gasteiger partial charge in [0.1, 0.15) is 0 Å². The van der Waals surface area contributed by atoms with Crippen LogP contribution in [0.5, 0.6) is 0 Å². The van der Waals surface area contributed by atoms with Gasteiger partial charge in [-0.2, -0.15) is 0 Å². The number of hydrogen-bond donors (Lipinski definition) is 0. The zero-order chi connectivity index (χ0) is 36.5. The Morgan fingerprint density at radius 3 is 1.52 bits per heavy atom. The smallest absolute Gasteiger partial charge is 0.252 e. The highest BCUT2D eigenvalue weighted by atomic mass is 15.2. The van der Waals surface area contributed by atoms with Crippen molar-refractivity contribution in [1.29, 1.82) is 0 Å². The van der Waals surface area contributed by atoms with Crippen molar-refractivity contribution in [2.75, 3.05) is 9.80 Å². The lowest BCUT2D eigenvalue weighted by atomic mass is 9.33. The second-order valence-electron chi connectivity index (χ2n) is 17.6. The lowest BCUT2D eigenvalue weighted by Crippen LogP contribution is -2.61. The van der Waals surface area contributed by atoms with E-state index in [4.69, 9.17) is 0 Å². The molecule has 0 amide bonds. The Balaban J connectivity index is 1.13. The summed E-state index contributed by atoms with van der Waals surface area (Å²) in [6.07, 6.45) is 8.48. The van der Waals surface area contributed by atoms with Gasteiger partial charge < -0.3 is 14.4 Å². The fourth-order valence-electron chi connectivity index (χ4n) is 12.8. The Kier molecular flexibility index (Phi) is 6.43. The van der Waals surface area contributed by atoms with Crippen LogP contribution in [0, 0.1) is 17.8 Å². The maximum atomic E-state index is 2.63. The molecule has 3 heterocycles. The molecule has 0 unspecified atom stereocenters. The molecule has 0 radical (unpaired) electrons. The normalized spacial score (nSPS) is 22.7. The van der Waals surface area contributed by atoms with Crippen LogP contribution in [-0.2, 0) is 5.41 Å². The summed E-state index contributed by atoms with van der Waals surface area (Å²) >= 11 is 0. The first kappa shape index (κ1) is 31.2. The Morgan fingerprint density at radius 1 is 0.429 bits per heavy atom. The summed E-state index contributed by atoms with van der Waals surface area (Å²) in [4.78, 5) is 5.06. The Bertz CT molecular complexity index is 2730. The molecule has 4 aliphatic carbocycles. The van der Waals surface area contributed by atoms with Crippen molar-refractivity contribution in [2.45, 2.75) is 43.9 Å². The molecular formula is C52H42BN3. The molecule has 4 heteroatoms. The number of fused-ring (bicyclic) bond motifs is 7. The largest absolute Gasteiger partial charge is 0.311 e. The van der Waals surface area contributed by atoms with Crippen molar-refractivity contribution in [1.82, 2.24) is 4.57 Å². The van der Waals surface area contributed by atoms with Crippen molar-refractivity contribution in [3.8, 4) is 5.69 Å². The van der Waals surface area contributed by atoms with Crippen LogP contribution in [-0.4, -0.2) is 11.3 Å². The van der Waals surface area contributed by atoms with Gasteiger partial charge >= 0.3 is 0 Å². The lowest BCUT2D eigenvalue weighted by Gasteiger charge is -2.57. The van der Waals surface area contributed by atoms with Gasteiger partial charge in [-0.15, -0.1) is 0 Å². The molecule has 0 saturated heterocycles. The van der Waals surface area contributed by atoms with E-state index in [-0.39, 0.29) is 6.71 Å². The molecule has 268 valence electrons. The van der Waals surface area contributed by atoms with E-state index in [2.05, 4.69) is 178 Å². The first-order valence-corrected chi connectivity index (χ1v) is 20.8. The number of aromatic nitrogens is 1. The predicted molar refractivity (Wildman–Crippen MR) is 235 cm³/mol. The topological polar surface area (TPSA) is 11.4 Å². The van der Waals surface area contributed by atoms with Crippen molar-refractivity contribution in [3.63, 3.8) is 0 Å². The van der Waals surface area contributed by atoms with E-state index in [9.17, 15) is 0 Å². The van der Waals surface area contributed by atoms with Gasteiger partial charge in [-0.1, -0.05) is 103 Å². The Morgan fingerprint density at radius 2 is 0.929 bits per heavy atom. The van der Waals surface area contributed by atoms with Crippen molar-refractivity contribution in [2.24, 2.45) is 17.8 Å². The molecule has 1 aromatic heterocycles. The van der Waals surface area contributed by atoms with Crippen LogP contribution >= 0.6 is 0 Å². The van der Waals surface area contributed by atoms with Gasteiger partial charge in [-0.25, -0.2) is 0 Å². The van der Waals surface area contributed by atoms with Gasteiger partial charge in [0.2, 0.25) is 0 Å². The molecule has 4 bridgehead atoms. The highest BCUT2D eigenvalue weighted by Crippen LogP contribution is 2.61. The fraction of sp³-hybridized carbons (Fsp3) is 0.192. The molecule has 7 aromatic carbocycles. The zero-order valence-electron chi connectivity index (χ0n) is 31.5. The second-order valence-corrected chi connectivity index (χ2v) is 17.6. The minimum Gasteiger partial charge on any atom is -0.311 e. The second kappa shape index (κ2) is 11.5. The highest BCUT2D eigenvalue weighted by Gasteiger charge is 2.52. The van der Waals surface area contributed by atoms with Crippen molar-refractivity contribution < 1.29 is 0 Å². The molecule has 0 atom stereocenters. The third-order valence-corrected chi connectivity index (χ3v) is 14.5. The molecule has 14 rings (SSSR count). The highest BCUT2D eigenvalue weighted by molar-refractivity contribution is 7.00. The molecule has 2 aliphatic heterocycles. The standard InChI is InChI=1S/C52H42BN3/c1-3-13-38(14-4-1)54-46-21-11-8-18-43(46)53-44-19-9-12-22-47(44)55(39-15-5-2-6-16-39)50-30-40(29-49(54)51(50)53)56-45-20-10-7-17-41(45)42-24-23-37(28-48(42)56)52-31-34-25-35(32-52)27-36(26-34)33-52/h1-24,28-30,34-36H,25-27,31-33H2. The van der Waals surface area contributed by atoms with Gasteiger partial charge in [-0.05, 0) is 144 Å². The molecule has 4 saturated carbocycles. The maximum Gasteiger partial charge on any atom is 0.252 e. The molecule has 0 spiro atoms. The average Bonchev–Trinajstić information content (AvgIpc) is 3.57. The van der Waals surface area contributed by atoms with Crippen LogP contribution in [0.15, 0.2) is 164 Å². The average molecular weight is 720 g/mol. The maximum absolute atomic E-state index is 2.63. The number of anilines is 6. The van der Waals surface area contributed by atoms with Gasteiger partial charge in [0, 0.05) is 44.9 Å². The molecule has 3 nitrogen and oxygen atoms in total. The summed E-state index contributed by atoms with van der Waals surface area (Å²) in [5, 5.41) is 2.66. The summed E-state index contributed by atoms with van der Waals surface area (Å²) < 4.78 is 2.60. The summed E-state index contributed by atoms with van der Waals surface area (Å²) in [6, 6.07) is 61.9. The number of benzene rings is 7. The summed E-state index contributed by atoms with van der Waals surface area (Å²) in [5.74, 6) is 2.72. The van der Waals surface area contributed by atoms with E-state index in [1.165, 1.54) is 117 Å². The molecule has 8 aromatic rings. The van der Waals surface area contributed by atoms with Crippen LogP contribution < -0.4 is 26.2 Å². The lowest BCUT2D eigenvalue weighted by molar-refractivity contribution is -0.00513. The van der Waals surface area contributed by atoms with Gasteiger partial charge in [0.15, 0.2) is 0 Å². The third kappa shape index (κ3) is 4.30.